The van der Waals surface area contributed by atoms with Gasteiger partial charge < -0.3 is 9.47 Å². The molecule has 2 aromatic carbocycles. The monoisotopic (exact) mass is 519 g/mol. The zero-order chi connectivity index (χ0) is 24.9. The maximum atomic E-state index is 13.3. The third kappa shape index (κ3) is 5.40. The van der Waals surface area contributed by atoms with Crippen molar-refractivity contribution in [1.82, 2.24) is 5.48 Å². The molecule has 0 bridgehead atoms. The molecule has 3 aromatic rings. The molecule has 0 atom stereocenters. The minimum Gasteiger partial charge on any atom is -0.494 e. The molecule has 0 spiro atoms. The molecule has 2 heterocycles. The lowest BCUT2D eigenvalue weighted by Crippen LogP contribution is -2.54. The zero-order valence-electron chi connectivity index (χ0n) is 18.9. The Morgan fingerprint density at radius 2 is 1.77 bits per heavy atom. The molecule has 1 amide bonds. The Hall–Kier alpha value is -2.79. The van der Waals surface area contributed by atoms with E-state index in [-0.39, 0.29) is 36.8 Å². The average molecular weight is 520 g/mol. The van der Waals surface area contributed by atoms with Gasteiger partial charge >= 0.3 is 0 Å². The van der Waals surface area contributed by atoms with Gasteiger partial charge in [0.05, 0.1) is 11.5 Å². The second kappa shape index (κ2) is 10.9. The van der Waals surface area contributed by atoms with Crippen molar-refractivity contribution in [3.05, 3.63) is 70.7 Å². The standard InChI is InChI=1S/C25H26FNO6S2/c26-20-5-3-18(4-6-20)19-16-22(34-17-19)2-1-13-33-21-7-9-23(10-8-21)35(30,31)25(24(28)27-29)11-14-32-15-12-25/h3-10,16-17,29H,1-2,11-15H2,(H,27,28). The van der Waals surface area contributed by atoms with Gasteiger partial charge in [-0.1, -0.05) is 12.1 Å². The van der Waals surface area contributed by atoms with Gasteiger partial charge in [0.25, 0.3) is 5.91 Å². The summed E-state index contributed by atoms with van der Waals surface area (Å²) in [5.41, 5.74) is 3.54. The Morgan fingerprint density at radius 3 is 2.43 bits per heavy atom. The van der Waals surface area contributed by atoms with Crippen molar-refractivity contribution in [2.75, 3.05) is 19.8 Å². The first-order valence-corrected chi connectivity index (χ1v) is 13.6. The SMILES string of the molecule is O=C(NO)C1(S(=O)(=O)c2ccc(OCCCc3cc(-c4ccc(F)cc4)cs3)cc2)CCOCC1. The molecule has 0 unspecified atom stereocenters. The van der Waals surface area contributed by atoms with Gasteiger partial charge in [0.1, 0.15) is 11.6 Å². The predicted molar refractivity (Wildman–Crippen MR) is 130 cm³/mol. The number of hydrogen-bond donors (Lipinski definition) is 2. The molecular formula is C25H26FNO6S2. The number of halogens is 1. The van der Waals surface area contributed by atoms with Gasteiger partial charge in [0.15, 0.2) is 14.6 Å². The van der Waals surface area contributed by atoms with Crippen LogP contribution in [0.3, 0.4) is 0 Å². The summed E-state index contributed by atoms with van der Waals surface area (Å²) in [4.78, 5) is 13.5. The van der Waals surface area contributed by atoms with E-state index in [0.717, 1.165) is 24.0 Å². The van der Waals surface area contributed by atoms with Gasteiger partial charge in [-0.25, -0.2) is 18.3 Å². The number of carbonyl (C=O) groups excluding carboxylic acids is 1. The number of aryl methyl sites for hydroxylation is 1. The molecule has 0 radical (unpaired) electrons. The third-order valence-corrected chi connectivity index (χ3v) is 9.64. The molecule has 0 aliphatic carbocycles. The molecule has 1 aliphatic heterocycles. The number of rotatable bonds is 9. The minimum atomic E-state index is -4.06. The first-order chi connectivity index (χ1) is 16.9. The summed E-state index contributed by atoms with van der Waals surface area (Å²) in [6.07, 6.45) is 1.51. The minimum absolute atomic E-state index is 0.0118. The summed E-state index contributed by atoms with van der Waals surface area (Å²) in [6.45, 7) is 0.678. The number of sulfone groups is 1. The molecular weight excluding hydrogens is 493 g/mol. The molecule has 1 aromatic heterocycles. The summed E-state index contributed by atoms with van der Waals surface area (Å²) >= 11 is 1.64. The maximum Gasteiger partial charge on any atom is 0.265 e. The van der Waals surface area contributed by atoms with Gasteiger partial charge in [-0.15, -0.1) is 11.3 Å². The largest absolute Gasteiger partial charge is 0.494 e. The number of hydrogen-bond acceptors (Lipinski definition) is 7. The van der Waals surface area contributed by atoms with Crippen molar-refractivity contribution < 1.29 is 32.3 Å². The highest BCUT2D eigenvalue weighted by Crippen LogP contribution is 2.36. The van der Waals surface area contributed by atoms with Crippen LogP contribution in [0.2, 0.25) is 0 Å². The highest BCUT2D eigenvalue weighted by Gasteiger charge is 2.52. The second-order valence-electron chi connectivity index (χ2n) is 8.28. The summed E-state index contributed by atoms with van der Waals surface area (Å²) in [6, 6.07) is 14.5. The number of amides is 1. The van der Waals surface area contributed by atoms with Gasteiger partial charge in [-0.05, 0) is 84.7 Å². The quantitative estimate of drug-likeness (QED) is 0.247. The van der Waals surface area contributed by atoms with Crippen LogP contribution >= 0.6 is 11.3 Å². The summed E-state index contributed by atoms with van der Waals surface area (Å²) < 4.78 is 48.9. The van der Waals surface area contributed by atoms with E-state index >= 15 is 0 Å². The number of thiophene rings is 1. The van der Waals surface area contributed by atoms with Crippen molar-refractivity contribution in [1.29, 1.82) is 0 Å². The smallest absolute Gasteiger partial charge is 0.265 e. The molecule has 2 N–H and O–H groups in total. The second-order valence-corrected chi connectivity index (χ2v) is 11.5. The number of benzene rings is 2. The Labute approximate surface area is 207 Å². The van der Waals surface area contributed by atoms with Crippen molar-refractivity contribution in [3.8, 4) is 16.9 Å². The number of nitrogens with one attached hydrogen (secondary N) is 1. The normalized spacial score (nSPS) is 15.5. The van der Waals surface area contributed by atoms with Crippen LogP contribution in [0.15, 0.2) is 64.9 Å². The topological polar surface area (TPSA) is 102 Å². The van der Waals surface area contributed by atoms with Gasteiger partial charge in [-0.3, -0.25) is 10.0 Å². The third-order valence-electron chi connectivity index (χ3n) is 6.13. The lowest BCUT2D eigenvalue weighted by molar-refractivity contribution is -0.134. The maximum absolute atomic E-state index is 13.3. The van der Waals surface area contributed by atoms with Crippen LogP contribution in [0.1, 0.15) is 24.1 Å². The van der Waals surface area contributed by atoms with Gasteiger partial charge in [0, 0.05) is 18.1 Å². The van der Waals surface area contributed by atoms with Gasteiger partial charge in [-0.2, -0.15) is 0 Å². The fraction of sp³-hybridized carbons (Fsp3) is 0.320. The van der Waals surface area contributed by atoms with E-state index in [9.17, 15) is 17.6 Å². The van der Waals surface area contributed by atoms with E-state index in [4.69, 9.17) is 14.7 Å². The Balaban J connectivity index is 1.33. The van der Waals surface area contributed by atoms with Crippen LogP contribution in [-0.2, 0) is 25.8 Å². The van der Waals surface area contributed by atoms with E-state index < -0.39 is 20.5 Å². The molecule has 10 heteroatoms. The molecule has 35 heavy (non-hydrogen) atoms. The van der Waals surface area contributed by atoms with Crippen molar-refractivity contribution in [2.45, 2.75) is 35.3 Å². The molecule has 4 rings (SSSR count). The predicted octanol–water partition coefficient (Wildman–Crippen LogP) is 4.39. The lowest BCUT2D eigenvalue weighted by Gasteiger charge is -2.34. The van der Waals surface area contributed by atoms with Crippen LogP contribution in [0, 0.1) is 5.82 Å². The molecule has 0 saturated carbocycles. The number of ether oxygens (including phenoxy) is 2. The fourth-order valence-electron chi connectivity index (χ4n) is 4.10. The number of carbonyl (C=O) groups is 1. The molecule has 1 saturated heterocycles. The van der Waals surface area contributed by atoms with E-state index in [2.05, 4.69) is 6.07 Å². The number of hydroxylamine groups is 1. The Bertz CT molecular complexity index is 1250. The van der Waals surface area contributed by atoms with Crippen molar-refractivity contribution >= 4 is 27.1 Å². The van der Waals surface area contributed by atoms with Crippen LogP contribution in [0.4, 0.5) is 4.39 Å². The van der Waals surface area contributed by atoms with Crippen molar-refractivity contribution in [3.63, 3.8) is 0 Å². The summed E-state index contributed by atoms with van der Waals surface area (Å²) in [5, 5.41) is 11.2. The van der Waals surface area contributed by atoms with E-state index in [1.54, 1.807) is 35.6 Å². The molecule has 1 aliphatic rings. The first-order valence-electron chi connectivity index (χ1n) is 11.2. The average Bonchev–Trinajstić information content (AvgIpc) is 3.36. The van der Waals surface area contributed by atoms with Crippen LogP contribution in [0.25, 0.3) is 11.1 Å². The van der Waals surface area contributed by atoms with Gasteiger partial charge in [0.2, 0.25) is 0 Å². The van der Waals surface area contributed by atoms with E-state index in [1.807, 2.05) is 5.38 Å². The van der Waals surface area contributed by atoms with Crippen molar-refractivity contribution in [2.24, 2.45) is 0 Å². The zero-order valence-corrected chi connectivity index (χ0v) is 20.5. The van der Waals surface area contributed by atoms with E-state index in [0.29, 0.717) is 12.4 Å². The van der Waals surface area contributed by atoms with Crippen LogP contribution < -0.4 is 10.2 Å². The first kappa shape index (κ1) is 25.3. The Morgan fingerprint density at radius 1 is 1.09 bits per heavy atom. The highest BCUT2D eigenvalue weighted by molar-refractivity contribution is 7.93. The van der Waals surface area contributed by atoms with Crippen LogP contribution in [0.5, 0.6) is 5.75 Å². The highest BCUT2D eigenvalue weighted by atomic mass is 32.2. The van der Waals surface area contributed by atoms with Crippen LogP contribution in [-0.4, -0.2) is 44.1 Å². The fourth-order valence-corrected chi connectivity index (χ4v) is 6.98. The molecule has 186 valence electrons. The molecule has 7 nitrogen and oxygen atoms in total. The lowest BCUT2D eigenvalue weighted by atomic mass is 9.98. The summed E-state index contributed by atoms with van der Waals surface area (Å²) in [7, 11) is -4.06. The molecule has 1 fully saturated rings. The Kier molecular flexibility index (Phi) is 7.85. The van der Waals surface area contributed by atoms with E-state index in [1.165, 1.54) is 34.6 Å². The summed E-state index contributed by atoms with van der Waals surface area (Å²) in [5.74, 6) is -0.683.